The zero-order chi connectivity index (χ0) is 16.6. The summed E-state index contributed by atoms with van der Waals surface area (Å²) in [4.78, 5) is 11.8. The second-order valence-corrected chi connectivity index (χ2v) is 5.97. The number of benzene rings is 2. The van der Waals surface area contributed by atoms with Crippen molar-refractivity contribution in [1.82, 2.24) is 0 Å². The zero-order valence-corrected chi connectivity index (χ0v) is 13.6. The van der Waals surface area contributed by atoms with Gasteiger partial charge in [0.25, 0.3) is 0 Å². The number of esters is 1. The van der Waals surface area contributed by atoms with Crippen LogP contribution in [0.2, 0.25) is 0 Å². The number of cyclic esters (lactones) is 1. The van der Waals surface area contributed by atoms with Crippen LogP contribution in [-0.2, 0) is 32.2 Å². The Kier molecular flexibility index (Phi) is 5.99. The maximum absolute atomic E-state index is 11.8. The lowest BCUT2D eigenvalue weighted by molar-refractivity contribution is -0.168. The topological polar surface area (TPSA) is 44.8 Å². The van der Waals surface area contributed by atoms with Gasteiger partial charge in [0.1, 0.15) is 6.10 Å². The lowest BCUT2D eigenvalue weighted by Crippen LogP contribution is -2.36. The van der Waals surface area contributed by atoms with E-state index in [1.54, 1.807) is 0 Å². The molecule has 126 valence electrons. The van der Waals surface area contributed by atoms with Crippen molar-refractivity contribution < 1.29 is 19.0 Å². The molecule has 4 nitrogen and oxygen atoms in total. The second-order valence-electron chi connectivity index (χ2n) is 5.97. The zero-order valence-electron chi connectivity index (χ0n) is 13.6. The van der Waals surface area contributed by atoms with E-state index >= 15 is 0 Å². The minimum atomic E-state index is -0.240. The highest BCUT2D eigenvalue weighted by molar-refractivity contribution is 5.71. The monoisotopic (exact) mass is 326 g/mol. The molecule has 0 saturated carbocycles. The molecule has 0 bridgehead atoms. The van der Waals surface area contributed by atoms with Gasteiger partial charge < -0.3 is 14.2 Å². The Morgan fingerprint density at radius 2 is 1.54 bits per heavy atom. The lowest BCUT2D eigenvalue weighted by Gasteiger charge is -2.28. The first-order valence-corrected chi connectivity index (χ1v) is 8.26. The SMILES string of the molecule is O=C1CC(OCc2ccccc2)CC(COCc2ccccc2)O1. The number of hydrogen-bond donors (Lipinski definition) is 0. The molecule has 2 atom stereocenters. The summed E-state index contributed by atoms with van der Waals surface area (Å²) >= 11 is 0. The van der Waals surface area contributed by atoms with Crippen LogP contribution in [0.4, 0.5) is 0 Å². The molecule has 0 radical (unpaired) electrons. The lowest BCUT2D eigenvalue weighted by atomic mass is 10.1. The summed E-state index contributed by atoms with van der Waals surface area (Å²) in [6.07, 6.45) is 0.627. The Balaban J connectivity index is 1.44. The molecule has 3 rings (SSSR count). The largest absolute Gasteiger partial charge is 0.460 e. The molecule has 0 spiro atoms. The molecule has 0 amide bonds. The van der Waals surface area contributed by atoms with Crippen molar-refractivity contribution in [2.75, 3.05) is 6.61 Å². The van der Waals surface area contributed by atoms with E-state index < -0.39 is 0 Å². The molecular formula is C20H22O4. The fourth-order valence-corrected chi connectivity index (χ4v) is 2.74. The summed E-state index contributed by atoms with van der Waals surface area (Å²) in [5.74, 6) is -0.215. The van der Waals surface area contributed by atoms with Gasteiger partial charge in [-0.25, -0.2) is 0 Å². The number of carbonyl (C=O) groups is 1. The molecule has 1 aliphatic heterocycles. The second kappa shape index (κ2) is 8.62. The molecule has 2 unspecified atom stereocenters. The smallest absolute Gasteiger partial charge is 0.308 e. The average molecular weight is 326 g/mol. The minimum absolute atomic E-state index is 0.114. The quantitative estimate of drug-likeness (QED) is 0.731. The third-order valence-corrected chi connectivity index (χ3v) is 3.96. The number of carbonyl (C=O) groups excluding carboxylic acids is 1. The van der Waals surface area contributed by atoms with E-state index in [1.165, 1.54) is 0 Å². The Hall–Kier alpha value is -2.17. The molecule has 0 N–H and O–H groups in total. The maximum Gasteiger partial charge on any atom is 0.308 e. The molecular weight excluding hydrogens is 304 g/mol. The molecule has 4 heteroatoms. The molecule has 0 aromatic heterocycles. The third-order valence-electron chi connectivity index (χ3n) is 3.96. The van der Waals surface area contributed by atoms with Crippen LogP contribution < -0.4 is 0 Å². The predicted molar refractivity (Wildman–Crippen MR) is 90.2 cm³/mol. The van der Waals surface area contributed by atoms with Gasteiger partial charge in [0, 0.05) is 6.42 Å². The van der Waals surface area contributed by atoms with Crippen molar-refractivity contribution in [2.45, 2.75) is 38.3 Å². The first-order valence-electron chi connectivity index (χ1n) is 8.26. The first kappa shape index (κ1) is 16.7. The van der Waals surface area contributed by atoms with Gasteiger partial charge in [0.15, 0.2) is 0 Å². The molecule has 1 saturated heterocycles. The summed E-state index contributed by atoms with van der Waals surface area (Å²) < 4.78 is 16.9. The summed E-state index contributed by atoms with van der Waals surface area (Å²) in [5.41, 5.74) is 2.21. The van der Waals surface area contributed by atoms with Crippen molar-refractivity contribution in [1.29, 1.82) is 0 Å². The normalized spacial score (nSPS) is 20.6. The Morgan fingerprint density at radius 1 is 0.917 bits per heavy atom. The Morgan fingerprint density at radius 3 is 2.21 bits per heavy atom. The van der Waals surface area contributed by atoms with E-state index in [0.29, 0.717) is 32.7 Å². The number of ether oxygens (including phenoxy) is 3. The van der Waals surface area contributed by atoms with Gasteiger partial charge in [-0.1, -0.05) is 60.7 Å². The van der Waals surface area contributed by atoms with Crippen LogP contribution >= 0.6 is 0 Å². The van der Waals surface area contributed by atoms with Crippen molar-refractivity contribution in [3.63, 3.8) is 0 Å². The van der Waals surface area contributed by atoms with Gasteiger partial charge >= 0.3 is 5.97 Å². The van der Waals surface area contributed by atoms with E-state index in [1.807, 2.05) is 60.7 Å². The molecule has 1 aliphatic rings. The summed E-state index contributed by atoms with van der Waals surface area (Å²) in [6, 6.07) is 19.9. The van der Waals surface area contributed by atoms with Gasteiger partial charge in [-0.2, -0.15) is 0 Å². The fraction of sp³-hybridized carbons (Fsp3) is 0.350. The van der Waals surface area contributed by atoms with Crippen LogP contribution in [0.3, 0.4) is 0 Å². The Labute approximate surface area is 142 Å². The van der Waals surface area contributed by atoms with Gasteiger partial charge in [0.2, 0.25) is 0 Å². The molecule has 1 heterocycles. The van der Waals surface area contributed by atoms with Gasteiger partial charge in [-0.15, -0.1) is 0 Å². The number of hydrogen-bond acceptors (Lipinski definition) is 4. The van der Waals surface area contributed by atoms with Crippen molar-refractivity contribution in [3.05, 3.63) is 71.8 Å². The first-order chi connectivity index (χ1) is 11.8. The van der Waals surface area contributed by atoms with E-state index in [4.69, 9.17) is 14.2 Å². The molecule has 2 aromatic rings. The predicted octanol–water partition coefficient (Wildman–Crippen LogP) is 3.49. The molecule has 24 heavy (non-hydrogen) atoms. The highest BCUT2D eigenvalue weighted by atomic mass is 16.6. The number of rotatable bonds is 7. The van der Waals surface area contributed by atoms with Crippen LogP contribution in [0.5, 0.6) is 0 Å². The van der Waals surface area contributed by atoms with E-state index in [2.05, 4.69) is 0 Å². The average Bonchev–Trinajstić information content (AvgIpc) is 2.61. The maximum atomic E-state index is 11.8. The van der Waals surface area contributed by atoms with Gasteiger partial charge in [-0.05, 0) is 11.1 Å². The van der Waals surface area contributed by atoms with Crippen LogP contribution in [0.15, 0.2) is 60.7 Å². The fourth-order valence-electron chi connectivity index (χ4n) is 2.74. The van der Waals surface area contributed by atoms with Crippen LogP contribution in [-0.4, -0.2) is 24.8 Å². The van der Waals surface area contributed by atoms with Crippen LogP contribution in [0.25, 0.3) is 0 Å². The van der Waals surface area contributed by atoms with Gasteiger partial charge in [0.05, 0.1) is 32.3 Å². The third kappa shape index (κ3) is 5.18. The summed E-state index contributed by atoms with van der Waals surface area (Å²) in [5, 5.41) is 0. The van der Waals surface area contributed by atoms with Crippen molar-refractivity contribution in [2.24, 2.45) is 0 Å². The standard InChI is InChI=1S/C20H22O4/c21-20-12-18(23-14-17-9-5-2-6-10-17)11-19(24-20)15-22-13-16-7-3-1-4-8-16/h1-10,18-19H,11-15H2. The molecule has 1 fully saturated rings. The van der Waals surface area contributed by atoms with Gasteiger partial charge in [-0.3, -0.25) is 4.79 Å². The van der Waals surface area contributed by atoms with Crippen molar-refractivity contribution >= 4 is 5.97 Å². The molecule has 2 aromatic carbocycles. The van der Waals surface area contributed by atoms with Crippen molar-refractivity contribution in [3.8, 4) is 0 Å². The minimum Gasteiger partial charge on any atom is -0.460 e. The van der Waals surface area contributed by atoms with E-state index in [0.717, 1.165) is 11.1 Å². The van der Waals surface area contributed by atoms with Crippen LogP contribution in [0, 0.1) is 0 Å². The Bertz CT molecular complexity index is 627. The van der Waals surface area contributed by atoms with E-state index in [9.17, 15) is 4.79 Å². The van der Waals surface area contributed by atoms with E-state index in [-0.39, 0.29) is 18.2 Å². The summed E-state index contributed by atoms with van der Waals surface area (Å²) in [6.45, 7) is 1.42. The highest BCUT2D eigenvalue weighted by Crippen LogP contribution is 2.20. The van der Waals surface area contributed by atoms with Crippen LogP contribution in [0.1, 0.15) is 24.0 Å². The highest BCUT2D eigenvalue weighted by Gasteiger charge is 2.29. The molecule has 0 aliphatic carbocycles. The summed E-state index contributed by atoms with van der Waals surface area (Å²) in [7, 11) is 0.